The van der Waals surface area contributed by atoms with E-state index in [1.54, 1.807) is 25.8 Å². The van der Waals surface area contributed by atoms with Crippen LogP contribution in [0.4, 0.5) is 5.13 Å². The lowest BCUT2D eigenvalue weighted by molar-refractivity contribution is -0.117. The van der Waals surface area contributed by atoms with E-state index in [4.69, 9.17) is 0 Å². The van der Waals surface area contributed by atoms with Gasteiger partial charge in [0, 0.05) is 17.5 Å². The lowest BCUT2D eigenvalue weighted by Crippen LogP contribution is -2.40. The molecule has 2 rings (SSSR count). The second-order valence-corrected chi connectivity index (χ2v) is 6.79. The van der Waals surface area contributed by atoms with E-state index >= 15 is 0 Å². The van der Waals surface area contributed by atoms with Crippen LogP contribution >= 0.6 is 11.3 Å². The molecule has 0 saturated carbocycles. The molecule has 0 spiro atoms. The largest absolute Gasteiger partial charge is 0.389 e. The highest BCUT2D eigenvalue weighted by molar-refractivity contribution is 7.14. The van der Waals surface area contributed by atoms with E-state index < -0.39 is 5.60 Å². The lowest BCUT2D eigenvalue weighted by atomic mass is 10.1. The zero-order chi connectivity index (χ0) is 16.2. The van der Waals surface area contributed by atoms with Crippen molar-refractivity contribution in [3.05, 3.63) is 35.7 Å². The second kappa shape index (κ2) is 7.00. The summed E-state index contributed by atoms with van der Waals surface area (Å²) in [5.74, 6) is -0.138. The Labute approximate surface area is 134 Å². The average molecular weight is 319 g/mol. The third-order valence-corrected chi connectivity index (χ3v) is 3.65. The number of carbonyl (C=O) groups is 1. The van der Waals surface area contributed by atoms with Gasteiger partial charge in [-0.15, -0.1) is 11.3 Å². The molecule has 1 aromatic heterocycles. The number of anilines is 1. The molecule has 0 aliphatic heterocycles. The van der Waals surface area contributed by atoms with Crippen molar-refractivity contribution in [2.24, 2.45) is 0 Å². The molecule has 0 radical (unpaired) electrons. The molecule has 2 N–H and O–H groups in total. The summed E-state index contributed by atoms with van der Waals surface area (Å²) in [5.41, 5.74) is 1.06. The average Bonchev–Trinajstić information content (AvgIpc) is 2.85. The number of hydrogen-bond acceptors (Lipinski definition) is 5. The van der Waals surface area contributed by atoms with Crippen molar-refractivity contribution < 1.29 is 9.90 Å². The Hall–Kier alpha value is -1.76. The van der Waals surface area contributed by atoms with Gasteiger partial charge in [0.1, 0.15) is 0 Å². The Morgan fingerprint density at radius 3 is 2.68 bits per heavy atom. The number of benzene rings is 1. The minimum Gasteiger partial charge on any atom is -0.389 e. The van der Waals surface area contributed by atoms with Crippen molar-refractivity contribution in [1.29, 1.82) is 0 Å². The summed E-state index contributed by atoms with van der Waals surface area (Å²) in [7, 11) is 1.80. The highest BCUT2D eigenvalue weighted by Crippen LogP contribution is 2.24. The van der Waals surface area contributed by atoms with Gasteiger partial charge in [0.05, 0.1) is 17.8 Å². The molecule has 0 bridgehead atoms. The number of aliphatic hydroxyl groups is 1. The molecule has 5 nitrogen and oxygen atoms in total. The molecule has 1 heterocycles. The number of nitrogens with one attached hydrogen (secondary N) is 1. The Kier molecular flexibility index (Phi) is 5.28. The van der Waals surface area contributed by atoms with Crippen LogP contribution in [0.1, 0.15) is 13.8 Å². The van der Waals surface area contributed by atoms with Crippen molar-refractivity contribution in [2.45, 2.75) is 19.4 Å². The second-order valence-electron chi connectivity index (χ2n) is 5.94. The first-order valence-corrected chi connectivity index (χ1v) is 7.93. The predicted molar refractivity (Wildman–Crippen MR) is 90.0 cm³/mol. The molecule has 0 aliphatic rings. The van der Waals surface area contributed by atoms with Gasteiger partial charge in [-0.2, -0.15) is 0 Å². The Morgan fingerprint density at radius 1 is 1.36 bits per heavy atom. The number of aromatic nitrogens is 1. The summed E-state index contributed by atoms with van der Waals surface area (Å²) < 4.78 is 0. The molecule has 0 fully saturated rings. The van der Waals surface area contributed by atoms with E-state index in [0.29, 0.717) is 11.7 Å². The quantitative estimate of drug-likeness (QED) is 0.858. The van der Waals surface area contributed by atoms with Crippen molar-refractivity contribution >= 4 is 22.4 Å². The summed E-state index contributed by atoms with van der Waals surface area (Å²) in [5, 5.41) is 15.0. The van der Waals surface area contributed by atoms with Crippen molar-refractivity contribution in [3.63, 3.8) is 0 Å². The highest BCUT2D eigenvalue weighted by Gasteiger charge is 2.17. The fourth-order valence-corrected chi connectivity index (χ4v) is 2.93. The molecule has 1 amide bonds. The van der Waals surface area contributed by atoms with Gasteiger partial charge < -0.3 is 10.4 Å². The molecule has 0 unspecified atom stereocenters. The molecule has 118 valence electrons. The number of likely N-dealkylation sites (N-methyl/N-ethyl adjacent to an activating group) is 1. The Morgan fingerprint density at radius 2 is 2.05 bits per heavy atom. The van der Waals surface area contributed by atoms with Crippen LogP contribution in [-0.4, -0.2) is 46.6 Å². The predicted octanol–water partition coefficient (Wildman–Crippen LogP) is 2.45. The number of thiazole rings is 1. The molecule has 2 aromatic rings. The molecule has 22 heavy (non-hydrogen) atoms. The summed E-state index contributed by atoms with van der Waals surface area (Å²) in [6.45, 7) is 4.07. The fourth-order valence-electron chi connectivity index (χ4n) is 2.19. The third-order valence-electron chi connectivity index (χ3n) is 2.89. The summed E-state index contributed by atoms with van der Waals surface area (Å²) in [6, 6.07) is 9.84. The van der Waals surface area contributed by atoms with Crippen molar-refractivity contribution in [2.75, 3.05) is 25.5 Å². The van der Waals surface area contributed by atoms with E-state index in [-0.39, 0.29) is 12.5 Å². The van der Waals surface area contributed by atoms with Crippen molar-refractivity contribution in [3.8, 4) is 11.3 Å². The number of carbonyl (C=O) groups excluding carboxylic acids is 1. The zero-order valence-electron chi connectivity index (χ0n) is 13.0. The molecule has 0 aliphatic carbocycles. The first-order chi connectivity index (χ1) is 10.3. The Balaban J connectivity index is 1.92. The van der Waals surface area contributed by atoms with Gasteiger partial charge in [-0.05, 0) is 20.9 Å². The fraction of sp³-hybridized carbons (Fsp3) is 0.375. The number of rotatable bonds is 6. The van der Waals surface area contributed by atoms with Crippen LogP contribution in [0.25, 0.3) is 11.3 Å². The summed E-state index contributed by atoms with van der Waals surface area (Å²) in [6.07, 6.45) is 0. The molecule has 6 heteroatoms. The highest BCUT2D eigenvalue weighted by atomic mass is 32.1. The SMILES string of the molecule is CN(CC(=O)Nc1nc(-c2ccccc2)cs1)CC(C)(C)O. The third kappa shape index (κ3) is 5.22. The number of nitrogens with zero attached hydrogens (tertiary/aromatic N) is 2. The maximum atomic E-state index is 12.0. The maximum Gasteiger partial charge on any atom is 0.240 e. The van der Waals surface area contributed by atoms with E-state index in [0.717, 1.165) is 11.3 Å². The van der Waals surface area contributed by atoms with Gasteiger partial charge in [-0.1, -0.05) is 30.3 Å². The first-order valence-electron chi connectivity index (χ1n) is 7.05. The summed E-state index contributed by atoms with van der Waals surface area (Å²) in [4.78, 5) is 18.2. The number of amides is 1. The van der Waals surface area contributed by atoms with E-state index in [9.17, 15) is 9.90 Å². The first kappa shape index (κ1) is 16.6. The van der Waals surface area contributed by atoms with Gasteiger partial charge in [-0.3, -0.25) is 9.69 Å². The van der Waals surface area contributed by atoms with Crippen LogP contribution in [0, 0.1) is 0 Å². The van der Waals surface area contributed by atoms with Gasteiger partial charge in [-0.25, -0.2) is 4.98 Å². The Bertz CT molecular complexity index is 620. The normalized spacial score (nSPS) is 11.7. The van der Waals surface area contributed by atoms with Crippen LogP contribution < -0.4 is 5.32 Å². The minimum atomic E-state index is -0.823. The van der Waals surface area contributed by atoms with Gasteiger partial charge in [0.15, 0.2) is 5.13 Å². The molecule has 0 atom stereocenters. The molecular formula is C16H21N3O2S. The molecule has 0 saturated heterocycles. The van der Waals surface area contributed by atoms with Crippen LogP contribution in [0.5, 0.6) is 0 Å². The van der Waals surface area contributed by atoms with Gasteiger partial charge in [0.2, 0.25) is 5.91 Å². The molecular weight excluding hydrogens is 298 g/mol. The topological polar surface area (TPSA) is 65.5 Å². The van der Waals surface area contributed by atoms with E-state index in [2.05, 4.69) is 10.3 Å². The summed E-state index contributed by atoms with van der Waals surface area (Å²) >= 11 is 1.40. The van der Waals surface area contributed by atoms with Crippen LogP contribution in [0.2, 0.25) is 0 Å². The molecule has 1 aromatic carbocycles. The maximum absolute atomic E-state index is 12.0. The number of hydrogen-bond donors (Lipinski definition) is 2. The standard InChI is InChI=1S/C16H21N3O2S/c1-16(2,21)11-19(3)9-14(20)18-15-17-13(10-22-15)12-7-5-4-6-8-12/h4-8,10,21H,9,11H2,1-3H3,(H,17,18,20). The zero-order valence-corrected chi connectivity index (χ0v) is 13.9. The van der Waals surface area contributed by atoms with E-state index in [1.807, 2.05) is 35.7 Å². The van der Waals surface area contributed by atoms with Gasteiger partial charge >= 0.3 is 0 Å². The minimum absolute atomic E-state index is 0.138. The van der Waals surface area contributed by atoms with Crippen molar-refractivity contribution in [1.82, 2.24) is 9.88 Å². The lowest BCUT2D eigenvalue weighted by Gasteiger charge is -2.24. The smallest absolute Gasteiger partial charge is 0.240 e. The monoisotopic (exact) mass is 319 g/mol. The van der Waals surface area contributed by atoms with Gasteiger partial charge in [0.25, 0.3) is 0 Å². The van der Waals surface area contributed by atoms with E-state index in [1.165, 1.54) is 11.3 Å². The van der Waals surface area contributed by atoms with Crippen LogP contribution in [0.15, 0.2) is 35.7 Å². The van der Waals surface area contributed by atoms with Crippen LogP contribution in [-0.2, 0) is 4.79 Å². The van der Waals surface area contributed by atoms with Crippen LogP contribution in [0.3, 0.4) is 0 Å².